The summed E-state index contributed by atoms with van der Waals surface area (Å²) in [4.78, 5) is 3.13. The standard InChI is InChI=1S/C16H13BrN2O/c17-12-6-8-16(18-9-12)19-10-14-13-4-2-1-3-11(13)5-7-15(14)20/h1-9,20H,10H2,(H,18,19)/p+1. The number of anilines is 1. The maximum Gasteiger partial charge on any atom is 0.272 e. The third-order valence-corrected chi connectivity index (χ3v) is 3.74. The van der Waals surface area contributed by atoms with Gasteiger partial charge in [0.25, 0.3) is 5.82 Å². The van der Waals surface area contributed by atoms with Gasteiger partial charge in [0.05, 0.1) is 4.47 Å². The highest BCUT2D eigenvalue weighted by molar-refractivity contribution is 9.10. The second kappa shape index (κ2) is 5.51. The predicted octanol–water partition coefficient (Wildman–Crippen LogP) is 3.73. The van der Waals surface area contributed by atoms with Gasteiger partial charge in [0.15, 0.2) is 0 Å². The Hall–Kier alpha value is -2.07. The number of rotatable bonds is 3. The lowest BCUT2D eigenvalue weighted by Gasteiger charge is -2.07. The number of nitrogens with one attached hydrogen (secondary N) is 2. The van der Waals surface area contributed by atoms with Gasteiger partial charge < -0.3 is 5.11 Å². The average Bonchev–Trinajstić information content (AvgIpc) is 2.48. The summed E-state index contributed by atoms with van der Waals surface area (Å²) in [5.41, 5.74) is 0.902. The molecule has 0 spiro atoms. The second-order valence-electron chi connectivity index (χ2n) is 4.56. The van der Waals surface area contributed by atoms with Crippen LogP contribution in [0, 0.1) is 0 Å². The SMILES string of the molecule is Oc1ccc2ccccc2c1CNc1ccc(Br)c[nH+]1. The van der Waals surface area contributed by atoms with Gasteiger partial charge in [0.2, 0.25) is 0 Å². The van der Waals surface area contributed by atoms with E-state index < -0.39 is 0 Å². The third kappa shape index (κ3) is 2.60. The number of aromatic amines is 1. The molecule has 20 heavy (non-hydrogen) atoms. The van der Waals surface area contributed by atoms with Crippen LogP contribution in [0.25, 0.3) is 10.8 Å². The fourth-order valence-electron chi connectivity index (χ4n) is 2.21. The van der Waals surface area contributed by atoms with Crippen molar-refractivity contribution in [3.63, 3.8) is 0 Å². The van der Waals surface area contributed by atoms with Crippen LogP contribution in [0.2, 0.25) is 0 Å². The number of halogens is 1. The summed E-state index contributed by atoms with van der Waals surface area (Å²) >= 11 is 3.39. The van der Waals surface area contributed by atoms with Crippen LogP contribution in [0.3, 0.4) is 0 Å². The number of hydrogen-bond donors (Lipinski definition) is 2. The maximum absolute atomic E-state index is 10.1. The van der Waals surface area contributed by atoms with E-state index in [0.29, 0.717) is 12.3 Å². The fourth-order valence-corrected chi connectivity index (χ4v) is 2.46. The van der Waals surface area contributed by atoms with Gasteiger partial charge in [0, 0.05) is 11.6 Å². The first-order chi connectivity index (χ1) is 9.74. The van der Waals surface area contributed by atoms with Crippen LogP contribution in [0.5, 0.6) is 5.75 Å². The fraction of sp³-hybridized carbons (Fsp3) is 0.0625. The monoisotopic (exact) mass is 329 g/mol. The minimum atomic E-state index is 0.313. The first kappa shape index (κ1) is 12.9. The van der Waals surface area contributed by atoms with Gasteiger partial charge in [-0.1, -0.05) is 30.3 Å². The van der Waals surface area contributed by atoms with Gasteiger partial charge in [0.1, 0.15) is 18.5 Å². The zero-order valence-electron chi connectivity index (χ0n) is 10.7. The normalized spacial score (nSPS) is 10.7. The molecule has 4 heteroatoms. The van der Waals surface area contributed by atoms with Crippen molar-refractivity contribution in [3.05, 3.63) is 64.8 Å². The van der Waals surface area contributed by atoms with Gasteiger partial charge in [-0.2, -0.15) is 0 Å². The molecule has 0 aliphatic heterocycles. The minimum Gasteiger partial charge on any atom is -0.507 e. The van der Waals surface area contributed by atoms with Crippen molar-refractivity contribution in [2.45, 2.75) is 6.54 Å². The van der Waals surface area contributed by atoms with Crippen molar-refractivity contribution >= 4 is 32.5 Å². The van der Waals surface area contributed by atoms with E-state index in [0.717, 1.165) is 26.6 Å². The van der Waals surface area contributed by atoms with E-state index in [2.05, 4.69) is 26.2 Å². The number of hydrogen-bond acceptors (Lipinski definition) is 2. The molecule has 3 N–H and O–H groups in total. The van der Waals surface area contributed by atoms with Crippen molar-refractivity contribution < 1.29 is 10.1 Å². The molecule has 0 radical (unpaired) electrons. The Kier molecular flexibility index (Phi) is 3.56. The maximum atomic E-state index is 10.1. The van der Waals surface area contributed by atoms with E-state index in [1.54, 1.807) is 6.07 Å². The molecule has 3 rings (SSSR count). The van der Waals surface area contributed by atoms with Crippen molar-refractivity contribution in [2.24, 2.45) is 0 Å². The van der Waals surface area contributed by atoms with Gasteiger partial charge in [-0.3, -0.25) is 5.32 Å². The Bertz CT molecular complexity index is 741. The second-order valence-corrected chi connectivity index (χ2v) is 5.47. The Morgan fingerprint density at radius 2 is 1.90 bits per heavy atom. The smallest absolute Gasteiger partial charge is 0.272 e. The Morgan fingerprint density at radius 3 is 2.70 bits per heavy atom. The van der Waals surface area contributed by atoms with Crippen LogP contribution < -0.4 is 10.3 Å². The van der Waals surface area contributed by atoms with Crippen molar-refractivity contribution in [1.82, 2.24) is 0 Å². The van der Waals surface area contributed by atoms with E-state index in [1.165, 1.54) is 0 Å². The molecule has 3 aromatic rings. The Morgan fingerprint density at radius 1 is 1.05 bits per heavy atom. The highest BCUT2D eigenvalue weighted by Gasteiger charge is 2.09. The molecule has 3 nitrogen and oxygen atoms in total. The zero-order valence-corrected chi connectivity index (χ0v) is 12.3. The summed E-state index contributed by atoms with van der Waals surface area (Å²) in [6.45, 7) is 0.561. The summed E-state index contributed by atoms with van der Waals surface area (Å²) in [5, 5.41) is 15.6. The van der Waals surface area contributed by atoms with E-state index in [1.807, 2.05) is 48.7 Å². The molecule has 0 unspecified atom stereocenters. The molecule has 0 bridgehead atoms. The number of benzene rings is 2. The molecule has 0 saturated carbocycles. The topological polar surface area (TPSA) is 46.4 Å². The van der Waals surface area contributed by atoms with E-state index in [4.69, 9.17) is 0 Å². The number of fused-ring (bicyclic) bond motifs is 1. The van der Waals surface area contributed by atoms with Gasteiger partial charge in [-0.15, -0.1) is 0 Å². The minimum absolute atomic E-state index is 0.313. The predicted molar refractivity (Wildman–Crippen MR) is 83.6 cm³/mol. The molecule has 0 amide bonds. The molecular formula is C16H14BrN2O+. The first-order valence-corrected chi connectivity index (χ1v) is 7.14. The zero-order chi connectivity index (χ0) is 13.9. The number of phenols is 1. The van der Waals surface area contributed by atoms with Crippen LogP contribution in [0.1, 0.15) is 5.56 Å². The largest absolute Gasteiger partial charge is 0.507 e. The molecule has 0 aliphatic rings. The summed E-state index contributed by atoms with van der Waals surface area (Å²) in [6, 6.07) is 15.6. The third-order valence-electron chi connectivity index (χ3n) is 3.25. The highest BCUT2D eigenvalue weighted by atomic mass is 79.9. The number of aromatic hydroxyl groups is 1. The van der Waals surface area contributed by atoms with Crippen LogP contribution in [-0.2, 0) is 6.54 Å². The number of H-pyrrole nitrogens is 1. The molecule has 1 aromatic heterocycles. The van der Waals surface area contributed by atoms with Crippen LogP contribution >= 0.6 is 15.9 Å². The van der Waals surface area contributed by atoms with Gasteiger partial charge >= 0.3 is 0 Å². The van der Waals surface area contributed by atoms with E-state index in [9.17, 15) is 5.11 Å². The van der Waals surface area contributed by atoms with E-state index in [-0.39, 0.29) is 0 Å². The average molecular weight is 330 g/mol. The molecule has 0 atom stereocenters. The van der Waals surface area contributed by atoms with Crippen LogP contribution in [0.4, 0.5) is 5.82 Å². The number of aromatic nitrogens is 1. The van der Waals surface area contributed by atoms with Crippen LogP contribution in [0.15, 0.2) is 59.2 Å². The molecule has 0 fully saturated rings. The Balaban J connectivity index is 1.90. The molecule has 0 aliphatic carbocycles. The summed E-state index contributed by atoms with van der Waals surface area (Å²) in [6.07, 6.45) is 1.87. The lowest BCUT2D eigenvalue weighted by atomic mass is 10.0. The van der Waals surface area contributed by atoms with Crippen molar-refractivity contribution in [2.75, 3.05) is 5.32 Å². The van der Waals surface area contributed by atoms with Gasteiger partial charge in [-0.05, 0) is 38.8 Å². The molecule has 2 aromatic carbocycles. The molecule has 100 valence electrons. The summed E-state index contributed by atoms with van der Waals surface area (Å²) in [7, 11) is 0. The highest BCUT2D eigenvalue weighted by Crippen LogP contribution is 2.27. The quantitative estimate of drug-likeness (QED) is 0.769. The molecule has 0 saturated heterocycles. The Labute approximate surface area is 125 Å². The number of phenolic OH excluding ortho intramolecular Hbond substituents is 1. The molecular weight excluding hydrogens is 316 g/mol. The molecule has 1 heterocycles. The lowest BCUT2D eigenvalue weighted by Crippen LogP contribution is -2.12. The first-order valence-electron chi connectivity index (χ1n) is 6.35. The van der Waals surface area contributed by atoms with E-state index >= 15 is 0 Å². The van der Waals surface area contributed by atoms with Crippen LogP contribution in [-0.4, -0.2) is 5.11 Å². The lowest BCUT2D eigenvalue weighted by molar-refractivity contribution is -0.362. The number of pyridine rings is 1. The van der Waals surface area contributed by atoms with Crippen molar-refractivity contribution in [3.8, 4) is 5.75 Å². The summed E-state index contributed by atoms with van der Waals surface area (Å²) in [5.74, 6) is 1.22. The van der Waals surface area contributed by atoms with Crippen molar-refractivity contribution in [1.29, 1.82) is 0 Å². The summed E-state index contributed by atoms with van der Waals surface area (Å²) < 4.78 is 0.996. The van der Waals surface area contributed by atoms with Gasteiger partial charge in [-0.25, -0.2) is 4.98 Å².